The fraction of sp³-hybridized carbons (Fsp3) is 0.526. The van der Waals surface area contributed by atoms with E-state index in [1.54, 1.807) is 51.1 Å². The molecule has 7 heteroatoms. The van der Waals surface area contributed by atoms with Gasteiger partial charge in [-0.25, -0.2) is 4.79 Å². The molecule has 142 valence electrons. The molecule has 0 spiro atoms. The first-order valence-electron chi connectivity index (χ1n) is 8.57. The molecule has 1 saturated heterocycles. The predicted octanol–water partition coefficient (Wildman–Crippen LogP) is 2.35. The minimum absolute atomic E-state index is 0.329. The largest absolute Gasteiger partial charge is 0.469 e. The number of benzene rings is 1. The van der Waals surface area contributed by atoms with E-state index in [0.717, 1.165) is 0 Å². The molecule has 1 aromatic rings. The van der Waals surface area contributed by atoms with Crippen molar-refractivity contribution in [3.05, 3.63) is 35.9 Å². The summed E-state index contributed by atoms with van der Waals surface area (Å²) in [5.41, 5.74) is -0.375. The summed E-state index contributed by atoms with van der Waals surface area (Å²) in [5.74, 6) is -2.49. The van der Waals surface area contributed by atoms with E-state index in [4.69, 9.17) is 14.3 Å². The van der Waals surface area contributed by atoms with Crippen LogP contribution in [0.1, 0.15) is 44.0 Å². The average molecular weight is 363 g/mol. The van der Waals surface area contributed by atoms with Gasteiger partial charge in [-0.3, -0.25) is 9.59 Å². The molecule has 0 aliphatic carbocycles. The zero-order valence-electron chi connectivity index (χ0n) is 15.6. The summed E-state index contributed by atoms with van der Waals surface area (Å²) in [6.45, 7) is 5.54. The van der Waals surface area contributed by atoms with Crippen molar-refractivity contribution in [1.82, 2.24) is 5.06 Å². The first kappa shape index (κ1) is 19.9. The molecule has 0 bridgehead atoms. The van der Waals surface area contributed by atoms with Gasteiger partial charge in [-0.05, 0) is 45.7 Å². The molecule has 7 nitrogen and oxygen atoms in total. The second kappa shape index (κ2) is 8.31. The normalized spacial score (nSPS) is 20.9. The highest BCUT2D eigenvalue weighted by Crippen LogP contribution is 2.28. The maximum atomic E-state index is 12.7. The molecular formula is C19H25NO6. The van der Waals surface area contributed by atoms with Crippen molar-refractivity contribution >= 4 is 17.9 Å². The number of hydroxylamine groups is 2. The quantitative estimate of drug-likeness (QED) is 0.760. The SMILES string of the molecule is COC(=O)C1CCCN(OC(=O)c2ccccc2)C1C(=O)OC(C)(C)C. The standard InChI is InChI=1S/C19H25NO6/c1-19(2,3)25-18(23)15-14(17(22)24-4)11-8-12-20(15)26-16(21)13-9-6-5-7-10-13/h5-7,9-10,14-15H,8,11-12H2,1-4H3. The van der Waals surface area contributed by atoms with Crippen LogP contribution in [0.15, 0.2) is 30.3 Å². The van der Waals surface area contributed by atoms with Crippen molar-refractivity contribution in [2.24, 2.45) is 5.92 Å². The van der Waals surface area contributed by atoms with Gasteiger partial charge < -0.3 is 14.3 Å². The maximum absolute atomic E-state index is 12.7. The van der Waals surface area contributed by atoms with Crippen LogP contribution in [0.3, 0.4) is 0 Å². The summed E-state index contributed by atoms with van der Waals surface area (Å²) in [4.78, 5) is 42.7. The van der Waals surface area contributed by atoms with Crippen molar-refractivity contribution < 1.29 is 28.7 Å². The van der Waals surface area contributed by atoms with E-state index in [-0.39, 0.29) is 0 Å². The summed E-state index contributed by atoms with van der Waals surface area (Å²) in [6.07, 6.45) is 1.04. The van der Waals surface area contributed by atoms with Gasteiger partial charge in [-0.15, -0.1) is 5.06 Å². The van der Waals surface area contributed by atoms with Crippen LogP contribution in [-0.2, 0) is 23.9 Å². The molecule has 2 unspecified atom stereocenters. The zero-order chi connectivity index (χ0) is 19.3. The molecular weight excluding hydrogens is 338 g/mol. The van der Waals surface area contributed by atoms with Gasteiger partial charge in [0.15, 0.2) is 6.04 Å². The molecule has 0 aromatic heterocycles. The number of carbonyl (C=O) groups is 3. The summed E-state index contributed by atoms with van der Waals surface area (Å²) >= 11 is 0. The summed E-state index contributed by atoms with van der Waals surface area (Å²) in [6, 6.07) is 7.42. The van der Waals surface area contributed by atoms with Gasteiger partial charge in [0.25, 0.3) is 0 Å². The van der Waals surface area contributed by atoms with Crippen LogP contribution in [0.2, 0.25) is 0 Å². The third kappa shape index (κ3) is 5.05. The molecule has 0 amide bonds. The maximum Gasteiger partial charge on any atom is 0.357 e. The number of rotatable bonds is 4. The number of piperidine rings is 1. The summed E-state index contributed by atoms with van der Waals surface area (Å²) in [5, 5.41) is 1.24. The first-order chi connectivity index (χ1) is 12.2. The highest BCUT2D eigenvalue weighted by atomic mass is 16.7. The molecule has 0 saturated carbocycles. The van der Waals surface area contributed by atoms with Crippen molar-refractivity contribution in [2.45, 2.75) is 45.3 Å². The average Bonchev–Trinajstić information content (AvgIpc) is 2.60. The number of carbonyl (C=O) groups excluding carboxylic acids is 3. The molecule has 1 aliphatic heterocycles. The van der Waals surface area contributed by atoms with Crippen LogP contribution < -0.4 is 0 Å². The first-order valence-corrected chi connectivity index (χ1v) is 8.57. The number of ether oxygens (including phenoxy) is 2. The monoisotopic (exact) mass is 363 g/mol. The third-order valence-corrected chi connectivity index (χ3v) is 3.95. The van der Waals surface area contributed by atoms with E-state index in [1.165, 1.54) is 12.2 Å². The van der Waals surface area contributed by atoms with Crippen molar-refractivity contribution in [2.75, 3.05) is 13.7 Å². The zero-order valence-corrected chi connectivity index (χ0v) is 15.6. The van der Waals surface area contributed by atoms with E-state index in [1.807, 2.05) is 0 Å². The van der Waals surface area contributed by atoms with E-state index in [9.17, 15) is 14.4 Å². The van der Waals surface area contributed by atoms with Crippen LogP contribution in [0.25, 0.3) is 0 Å². The van der Waals surface area contributed by atoms with E-state index in [2.05, 4.69) is 0 Å². The molecule has 1 heterocycles. The van der Waals surface area contributed by atoms with E-state index >= 15 is 0 Å². The lowest BCUT2D eigenvalue weighted by Gasteiger charge is -2.37. The summed E-state index contributed by atoms with van der Waals surface area (Å²) in [7, 11) is 1.27. The third-order valence-electron chi connectivity index (χ3n) is 3.95. The van der Waals surface area contributed by atoms with Gasteiger partial charge in [-0.2, -0.15) is 0 Å². The Bertz CT molecular complexity index is 652. The lowest BCUT2D eigenvalue weighted by atomic mass is 9.90. The highest BCUT2D eigenvalue weighted by molar-refractivity contribution is 5.90. The predicted molar refractivity (Wildman–Crippen MR) is 92.9 cm³/mol. The van der Waals surface area contributed by atoms with E-state index < -0.39 is 35.5 Å². The highest BCUT2D eigenvalue weighted by Gasteiger charge is 2.45. The molecule has 1 fully saturated rings. The Morgan fingerprint density at radius 1 is 1.08 bits per heavy atom. The Morgan fingerprint density at radius 3 is 2.31 bits per heavy atom. The molecule has 0 N–H and O–H groups in total. The van der Waals surface area contributed by atoms with Gasteiger partial charge in [-0.1, -0.05) is 18.2 Å². The Morgan fingerprint density at radius 2 is 1.73 bits per heavy atom. The van der Waals surface area contributed by atoms with E-state index in [0.29, 0.717) is 24.9 Å². The molecule has 0 radical (unpaired) electrons. The van der Waals surface area contributed by atoms with Crippen LogP contribution in [0.4, 0.5) is 0 Å². The van der Waals surface area contributed by atoms with Crippen molar-refractivity contribution in [3.63, 3.8) is 0 Å². The Kier molecular flexibility index (Phi) is 6.37. The van der Waals surface area contributed by atoms with Gasteiger partial charge >= 0.3 is 17.9 Å². The van der Waals surface area contributed by atoms with Crippen LogP contribution >= 0.6 is 0 Å². The Labute approximate surface area is 153 Å². The van der Waals surface area contributed by atoms with Crippen molar-refractivity contribution in [3.8, 4) is 0 Å². The smallest absolute Gasteiger partial charge is 0.357 e. The second-order valence-corrected chi connectivity index (χ2v) is 7.14. The number of hydrogen-bond acceptors (Lipinski definition) is 7. The van der Waals surface area contributed by atoms with Crippen LogP contribution in [-0.4, -0.2) is 48.3 Å². The number of esters is 2. The van der Waals surface area contributed by atoms with Crippen LogP contribution in [0, 0.1) is 5.92 Å². The minimum atomic E-state index is -1.04. The number of hydrogen-bond donors (Lipinski definition) is 0. The molecule has 1 aliphatic rings. The van der Waals surface area contributed by atoms with Gasteiger partial charge in [0, 0.05) is 6.54 Å². The van der Waals surface area contributed by atoms with Gasteiger partial charge in [0.05, 0.1) is 18.6 Å². The second-order valence-electron chi connectivity index (χ2n) is 7.14. The van der Waals surface area contributed by atoms with Gasteiger partial charge in [0.2, 0.25) is 0 Å². The molecule has 2 atom stereocenters. The Balaban J connectivity index is 2.24. The lowest BCUT2D eigenvalue weighted by molar-refractivity contribution is -0.204. The lowest BCUT2D eigenvalue weighted by Crippen LogP contribution is -2.54. The molecule has 2 rings (SSSR count). The van der Waals surface area contributed by atoms with Gasteiger partial charge in [0.1, 0.15) is 5.60 Å². The molecule has 1 aromatic carbocycles. The Hall–Kier alpha value is -2.41. The summed E-state index contributed by atoms with van der Waals surface area (Å²) < 4.78 is 10.3. The number of methoxy groups -OCH3 is 1. The minimum Gasteiger partial charge on any atom is -0.469 e. The number of nitrogens with zero attached hydrogens (tertiary/aromatic N) is 1. The molecule has 26 heavy (non-hydrogen) atoms. The fourth-order valence-corrected chi connectivity index (χ4v) is 2.84. The van der Waals surface area contributed by atoms with Crippen LogP contribution in [0.5, 0.6) is 0 Å². The topological polar surface area (TPSA) is 82.1 Å². The fourth-order valence-electron chi connectivity index (χ4n) is 2.84. The van der Waals surface area contributed by atoms with Crippen molar-refractivity contribution in [1.29, 1.82) is 0 Å².